The van der Waals surface area contributed by atoms with Crippen LogP contribution in [0.2, 0.25) is 0 Å². The van der Waals surface area contributed by atoms with Crippen molar-refractivity contribution in [2.45, 2.75) is 0 Å². The van der Waals surface area contributed by atoms with Crippen LogP contribution in [0.1, 0.15) is 0 Å². The van der Waals surface area contributed by atoms with E-state index >= 15 is 0 Å². The van der Waals surface area contributed by atoms with Gasteiger partial charge in [-0.2, -0.15) is 0 Å². The Morgan fingerprint density at radius 1 is 1.22 bits per heavy atom. The first kappa shape index (κ1) is 17.1. The molecular formula is H3Cl2O4PZn2. The second-order valence-corrected chi connectivity index (χ2v) is 6.26. The van der Waals surface area contributed by atoms with Gasteiger partial charge < -0.3 is 14.7 Å². The minimum absolute atomic E-state index is 0. The predicted molar refractivity (Wildman–Crippen MR) is 26.0 cm³/mol. The molecule has 0 spiro atoms. The average molecular weight is 300 g/mol. The zero-order chi connectivity index (χ0) is 7.21. The first-order valence-electron chi connectivity index (χ1n) is 1.32. The number of rotatable bonds is 0. The molecule has 0 bridgehead atoms. The molecule has 0 aliphatic heterocycles. The number of halogens is 2. The van der Waals surface area contributed by atoms with Gasteiger partial charge in [-0.15, -0.1) is 0 Å². The quantitative estimate of drug-likeness (QED) is 0.448. The Hall–Kier alpha value is 1.94. The summed E-state index contributed by atoms with van der Waals surface area (Å²) in [5.41, 5.74) is 0. The second kappa shape index (κ2) is 9.94. The van der Waals surface area contributed by atoms with Crippen molar-refractivity contribution in [2.24, 2.45) is 0 Å². The molecule has 4 nitrogen and oxygen atoms in total. The summed E-state index contributed by atoms with van der Waals surface area (Å²) < 4.78 is 8.88. The summed E-state index contributed by atoms with van der Waals surface area (Å²) in [4.78, 5) is 21.6. The van der Waals surface area contributed by atoms with Crippen molar-refractivity contribution in [2.75, 3.05) is 0 Å². The van der Waals surface area contributed by atoms with E-state index in [2.05, 4.69) is 0 Å². The van der Waals surface area contributed by atoms with Crippen LogP contribution in [0, 0.1) is 0 Å². The molecule has 0 unspecified atom stereocenters. The first-order chi connectivity index (χ1) is 3.41. The van der Waals surface area contributed by atoms with Gasteiger partial charge in [-0.3, -0.25) is 0 Å². The Morgan fingerprint density at radius 3 is 1.22 bits per heavy atom. The smallest absolute Gasteiger partial charge is 0 e. The van der Waals surface area contributed by atoms with Crippen LogP contribution in [0.3, 0.4) is 0 Å². The van der Waals surface area contributed by atoms with Crippen LogP contribution in [0.4, 0.5) is 0 Å². The van der Waals surface area contributed by atoms with Gasteiger partial charge in [0.1, 0.15) is 0 Å². The Kier molecular flexibility index (Phi) is 18.9. The molecule has 0 atom stereocenters. The van der Waals surface area contributed by atoms with Crippen LogP contribution in [-0.4, -0.2) is 14.7 Å². The van der Waals surface area contributed by atoms with Gasteiger partial charge in [0.05, 0.1) is 0 Å². The van der Waals surface area contributed by atoms with Crippen LogP contribution in [0.5, 0.6) is 0 Å². The molecule has 0 aromatic rings. The fraction of sp³-hybridized carbons (Fsp3) is 0. The van der Waals surface area contributed by atoms with Gasteiger partial charge in [-0.1, -0.05) is 0 Å². The molecule has 0 aromatic heterocycles. The largest absolute Gasteiger partial charge is 0 e. The molecule has 0 aliphatic carbocycles. The van der Waals surface area contributed by atoms with Gasteiger partial charge in [-0.25, -0.2) is 4.57 Å². The summed E-state index contributed by atoms with van der Waals surface area (Å²) in [6.07, 6.45) is 0. The van der Waals surface area contributed by atoms with Gasteiger partial charge in [0, 0.05) is 19.5 Å². The van der Waals surface area contributed by atoms with E-state index in [4.69, 9.17) is 38.6 Å². The van der Waals surface area contributed by atoms with Crippen molar-refractivity contribution >= 4 is 27.2 Å². The maximum atomic E-state index is 8.88. The Bertz CT molecular complexity index is 72.4. The summed E-state index contributed by atoms with van der Waals surface area (Å²) in [6.45, 7) is 0. The Labute approximate surface area is 80.6 Å². The molecule has 9 heteroatoms. The van der Waals surface area contributed by atoms with Crippen molar-refractivity contribution < 1.29 is 53.9 Å². The summed E-state index contributed by atoms with van der Waals surface area (Å²) in [5, 5.41) is 0. The number of hydrogen-bond donors (Lipinski definition) is 3. The van der Waals surface area contributed by atoms with Crippen molar-refractivity contribution in [3.8, 4) is 0 Å². The third kappa shape index (κ3) is 167. The van der Waals surface area contributed by atoms with Crippen LogP contribution < -0.4 is 0 Å². The first-order valence-corrected chi connectivity index (χ1v) is 10.7. The monoisotopic (exact) mass is 296 g/mol. The summed E-state index contributed by atoms with van der Waals surface area (Å²) in [6, 6.07) is 0. The van der Waals surface area contributed by atoms with Gasteiger partial charge in [0.2, 0.25) is 0 Å². The van der Waals surface area contributed by atoms with Crippen molar-refractivity contribution in [3.05, 3.63) is 0 Å². The van der Waals surface area contributed by atoms with E-state index < -0.39 is 23.0 Å². The second-order valence-electron chi connectivity index (χ2n) is 0.614. The van der Waals surface area contributed by atoms with Gasteiger partial charge >= 0.3 is 42.4 Å². The molecule has 0 saturated heterocycles. The molecule has 0 heterocycles. The Balaban J connectivity index is -0.0000000800. The maximum absolute atomic E-state index is 8.88. The van der Waals surface area contributed by atoms with E-state index in [1.54, 1.807) is 0 Å². The van der Waals surface area contributed by atoms with E-state index in [1.807, 2.05) is 0 Å². The zero-order valence-corrected chi connectivity index (χ0v) is 12.7. The van der Waals surface area contributed by atoms with Crippen LogP contribution in [0.25, 0.3) is 0 Å². The normalized spacial score (nSPS) is 7.67. The molecule has 0 saturated carbocycles. The molecule has 50 valence electrons. The SMILES string of the molecule is O=P(O)(O)O.[Cl][Zn][Cl].[Zn]. The summed E-state index contributed by atoms with van der Waals surface area (Å²) >= 11 is -0.931. The summed E-state index contributed by atoms with van der Waals surface area (Å²) in [5.74, 6) is 0. The number of phosphoric acid groups is 1. The molecule has 0 rings (SSSR count). The van der Waals surface area contributed by atoms with Gasteiger partial charge in [0.15, 0.2) is 0 Å². The van der Waals surface area contributed by atoms with Gasteiger partial charge in [-0.05, 0) is 0 Å². The topological polar surface area (TPSA) is 77.8 Å². The van der Waals surface area contributed by atoms with Crippen LogP contribution >= 0.6 is 27.2 Å². The van der Waals surface area contributed by atoms with Gasteiger partial charge in [0.25, 0.3) is 0 Å². The minimum atomic E-state index is -4.64. The predicted octanol–water partition coefficient (Wildman–Crippen LogP) is 0.445. The molecule has 0 aliphatic rings. The van der Waals surface area contributed by atoms with E-state index in [9.17, 15) is 0 Å². The number of hydrogen-bond acceptors (Lipinski definition) is 1. The van der Waals surface area contributed by atoms with Crippen molar-refractivity contribution in [1.29, 1.82) is 0 Å². The zero-order valence-electron chi connectivity index (χ0n) is 4.37. The van der Waals surface area contributed by atoms with E-state index in [0.29, 0.717) is 0 Å². The molecule has 0 fully saturated rings. The Morgan fingerprint density at radius 2 is 1.22 bits per heavy atom. The molecule has 0 aromatic carbocycles. The van der Waals surface area contributed by atoms with E-state index in [0.717, 1.165) is 0 Å². The van der Waals surface area contributed by atoms with Crippen LogP contribution in [0.15, 0.2) is 0 Å². The molecule has 0 amide bonds. The molecule has 9 heavy (non-hydrogen) atoms. The maximum Gasteiger partial charge on any atom is 0 e. The third-order valence-electron chi connectivity index (χ3n) is 0. The molecule has 0 radical (unpaired) electrons. The molecule has 3 N–H and O–H groups in total. The van der Waals surface area contributed by atoms with E-state index in [1.165, 1.54) is 0 Å². The molecular weight excluding hydrogens is 297 g/mol. The fourth-order valence-electron chi connectivity index (χ4n) is 0. The average Bonchev–Trinajstić information content (AvgIpc) is 1.27. The summed E-state index contributed by atoms with van der Waals surface area (Å²) in [7, 11) is 5.26. The standard InChI is InChI=1S/2ClH.H3O4P.2Zn/c;;1-5(2,3)4;;/h2*1H;(H3,1,2,3,4);;/q;;;;+2/p-2. The van der Waals surface area contributed by atoms with Crippen molar-refractivity contribution in [1.82, 2.24) is 0 Å². The van der Waals surface area contributed by atoms with Crippen LogP contribution in [-0.2, 0) is 39.2 Å². The minimum Gasteiger partial charge on any atom is 0 e. The van der Waals surface area contributed by atoms with E-state index in [-0.39, 0.29) is 19.5 Å². The fourth-order valence-corrected chi connectivity index (χ4v) is 0. The van der Waals surface area contributed by atoms with Crippen molar-refractivity contribution in [3.63, 3.8) is 0 Å². The third-order valence-corrected chi connectivity index (χ3v) is 0.